The molecule has 0 radical (unpaired) electrons. The Kier molecular flexibility index (Phi) is 1.56. The van der Waals surface area contributed by atoms with Gasteiger partial charge in [-0.1, -0.05) is 13.8 Å². The van der Waals surface area contributed by atoms with Crippen LogP contribution in [0.1, 0.15) is 46.0 Å². The first-order valence-corrected chi connectivity index (χ1v) is 6.36. The van der Waals surface area contributed by atoms with E-state index in [4.69, 9.17) is 0 Å². The fourth-order valence-corrected chi connectivity index (χ4v) is 5.41. The van der Waals surface area contributed by atoms with Gasteiger partial charge in [-0.15, -0.1) is 9.24 Å². The molecule has 0 heterocycles. The zero-order valence-corrected chi connectivity index (χ0v) is 10.00. The van der Waals surface area contributed by atoms with Crippen molar-refractivity contribution < 1.29 is 0 Å². The smallest absolute Gasteiger partial charge is 0.0142 e. The fourth-order valence-electron chi connectivity index (χ4n) is 4.51. The van der Waals surface area contributed by atoms with E-state index >= 15 is 0 Å². The molecule has 4 bridgehead atoms. The third-order valence-corrected chi connectivity index (χ3v) is 6.05. The van der Waals surface area contributed by atoms with Crippen LogP contribution in [0.25, 0.3) is 0 Å². The van der Waals surface area contributed by atoms with Crippen LogP contribution >= 0.6 is 9.24 Å². The molecule has 0 aliphatic heterocycles. The maximum Gasteiger partial charge on any atom is -0.0142 e. The first-order valence-electron chi connectivity index (χ1n) is 5.78. The first-order chi connectivity index (χ1) is 6.00. The highest BCUT2D eigenvalue weighted by Gasteiger charge is 2.56. The van der Waals surface area contributed by atoms with Gasteiger partial charge in [-0.3, -0.25) is 0 Å². The summed E-state index contributed by atoms with van der Waals surface area (Å²) in [6, 6.07) is 0. The van der Waals surface area contributed by atoms with Crippen molar-refractivity contribution in [3.05, 3.63) is 0 Å². The Morgan fingerprint density at radius 3 is 2.00 bits per heavy atom. The second-order valence-corrected chi connectivity index (χ2v) is 7.75. The summed E-state index contributed by atoms with van der Waals surface area (Å²) in [7, 11) is 3.20. The van der Waals surface area contributed by atoms with Crippen molar-refractivity contribution in [3.63, 3.8) is 0 Å². The molecule has 0 N–H and O–H groups in total. The third kappa shape index (κ3) is 1.08. The van der Waals surface area contributed by atoms with Crippen LogP contribution in [0.5, 0.6) is 0 Å². The fraction of sp³-hybridized carbons (Fsp3) is 1.00. The van der Waals surface area contributed by atoms with E-state index in [-0.39, 0.29) is 0 Å². The molecule has 4 aliphatic carbocycles. The Labute approximate surface area is 84.1 Å². The number of hydrogen-bond donors (Lipinski definition) is 0. The van der Waals surface area contributed by atoms with E-state index < -0.39 is 0 Å². The maximum absolute atomic E-state index is 3.20. The molecule has 0 aromatic heterocycles. The van der Waals surface area contributed by atoms with Crippen molar-refractivity contribution in [2.24, 2.45) is 23.2 Å². The minimum atomic E-state index is 0.664. The highest BCUT2D eigenvalue weighted by Crippen LogP contribution is 2.65. The topological polar surface area (TPSA) is 0 Å². The van der Waals surface area contributed by atoms with Gasteiger partial charge in [0, 0.05) is 0 Å². The SMILES string of the molecule is CC1(C)C2CC3CC1CC(P)(C3)C2. The van der Waals surface area contributed by atoms with Crippen molar-refractivity contribution in [1.82, 2.24) is 0 Å². The van der Waals surface area contributed by atoms with Gasteiger partial charge in [-0.2, -0.15) is 0 Å². The Morgan fingerprint density at radius 2 is 1.54 bits per heavy atom. The molecule has 0 saturated heterocycles. The van der Waals surface area contributed by atoms with Crippen LogP contribution in [0.15, 0.2) is 0 Å². The summed E-state index contributed by atoms with van der Waals surface area (Å²) in [4.78, 5) is 0. The highest BCUT2D eigenvalue weighted by atomic mass is 31.0. The zero-order chi connectivity index (χ0) is 9.27. The summed E-state index contributed by atoms with van der Waals surface area (Å²) in [5, 5.41) is 0.673. The van der Waals surface area contributed by atoms with E-state index in [9.17, 15) is 0 Å². The summed E-state index contributed by atoms with van der Waals surface area (Å²) in [6.07, 6.45) is 7.59. The van der Waals surface area contributed by atoms with Crippen LogP contribution in [0.3, 0.4) is 0 Å². The standard InChI is InChI=1S/C12H21P/c1-11(2)9-3-8-4-10(11)7-12(13,5-8)6-9/h8-10H,3-7,13H2,1-2H3. The molecule has 3 atom stereocenters. The molecule has 0 aromatic rings. The summed E-state index contributed by atoms with van der Waals surface area (Å²) in [5.74, 6) is 3.16. The van der Waals surface area contributed by atoms with Crippen LogP contribution in [0.4, 0.5) is 0 Å². The van der Waals surface area contributed by atoms with Crippen LogP contribution in [-0.2, 0) is 0 Å². The third-order valence-electron chi connectivity index (χ3n) is 5.34. The molecule has 0 amide bonds. The average molecular weight is 196 g/mol. The highest BCUT2D eigenvalue weighted by molar-refractivity contribution is 7.19. The van der Waals surface area contributed by atoms with Gasteiger partial charge in [0.05, 0.1) is 0 Å². The zero-order valence-electron chi connectivity index (χ0n) is 8.84. The molecule has 74 valence electrons. The van der Waals surface area contributed by atoms with E-state index in [0.717, 1.165) is 17.8 Å². The summed E-state index contributed by atoms with van der Waals surface area (Å²) < 4.78 is 0. The van der Waals surface area contributed by atoms with Gasteiger partial charge in [0.25, 0.3) is 0 Å². The van der Waals surface area contributed by atoms with Gasteiger partial charge in [0.1, 0.15) is 0 Å². The second kappa shape index (κ2) is 2.32. The Bertz CT molecular complexity index is 226. The molecule has 4 aliphatic rings. The van der Waals surface area contributed by atoms with Gasteiger partial charge in [0.2, 0.25) is 0 Å². The average Bonchev–Trinajstić information content (AvgIpc) is 1.97. The van der Waals surface area contributed by atoms with Crippen molar-refractivity contribution in [1.29, 1.82) is 0 Å². The molecule has 13 heavy (non-hydrogen) atoms. The molecule has 1 heteroatoms. The molecule has 3 unspecified atom stereocenters. The summed E-state index contributed by atoms with van der Waals surface area (Å²) in [6.45, 7) is 5.04. The van der Waals surface area contributed by atoms with E-state index in [1.165, 1.54) is 19.3 Å². The van der Waals surface area contributed by atoms with Crippen molar-refractivity contribution in [2.75, 3.05) is 0 Å². The van der Waals surface area contributed by atoms with E-state index in [1.807, 2.05) is 0 Å². The van der Waals surface area contributed by atoms with Crippen molar-refractivity contribution in [2.45, 2.75) is 51.1 Å². The minimum absolute atomic E-state index is 0.664. The molecule has 0 nitrogen and oxygen atoms in total. The summed E-state index contributed by atoms with van der Waals surface area (Å²) >= 11 is 0. The monoisotopic (exact) mass is 196 g/mol. The molecule has 4 rings (SSSR count). The van der Waals surface area contributed by atoms with Gasteiger partial charge in [0.15, 0.2) is 0 Å². The quantitative estimate of drug-likeness (QED) is 0.520. The van der Waals surface area contributed by atoms with E-state index in [0.29, 0.717) is 10.6 Å². The minimum Gasteiger partial charge on any atom is -0.131 e. The van der Waals surface area contributed by atoms with E-state index in [2.05, 4.69) is 23.1 Å². The lowest BCUT2D eigenvalue weighted by molar-refractivity contribution is -0.0752. The Hall–Kier alpha value is 0.430. The normalized spacial score (nSPS) is 57.0. The molecular formula is C12H21P. The lowest BCUT2D eigenvalue weighted by Crippen LogP contribution is -2.55. The lowest BCUT2D eigenvalue weighted by Gasteiger charge is -2.63. The largest absolute Gasteiger partial charge is 0.131 e. The molecule has 4 fully saturated rings. The van der Waals surface area contributed by atoms with Gasteiger partial charge >= 0.3 is 0 Å². The van der Waals surface area contributed by atoms with Gasteiger partial charge < -0.3 is 0 Å². The van der Waals surface area contributed by atoms with Crippen LogP contribution < -0.4 is 0 Å². The molecular weight excluding hydrogens is 175 g/mol. The molecule has 0 aromatic carbocycles. The van der Waals surface area contributed by atoms with Gasteiger partial charge in [-0.05, 0) is 60.4 Å². The molecule has 4 saturated carbocycles. The summed E-state index contributed by atoms with van der Waals surface area (Å²) in [5.41, 5.74) is 0.664. The predicted octanol–water partition coefficient (Wildman–Crippen LogP) is 3.47. The van der Waals surface area contributed by atoms with Crippen molar-refractivity contribution >= 4 is 9.24 Å². The van der Waals surface area contributed by atoms with E-state index in [1.54, 1.807) is 12.8 Å². The predicted molar refractivity (Wildman–Crippen MR) is 59.8 cm³/mol. The lowest BCUT2D eigenvalue weighted by atomic mass is 9.46. The van der Waals surface area contributed by atoms with Gasteiger partial charge in [-0.25, -0.2) is 0 Å². The van der Waals surface area contributed by atoms with Crippen molar-refractivity contribution in [3.8, 4) is 0 Å². The first kappa shape index (κ1) is 8.72. The number of rotatable bonds is 0. The second-order valence-electron chi connectivity index (χ2n) is 6.53. The Morgan fingerprint density at radius 1 is 1.00 bits per heavy atom. The van der Waals surface area contributed by atoms with Crippen LogP contribution in [0.2, 0.25) is 0 Å². The Balaban J connectivity index is 1.99. The maximum atomic E-state index is 3.20. The van der Waals surface area contributed by atoms with Crippen LogP contribution in [0, 0.1) is 23.2 Å². The number of hydrogen-bond acceptors (Lipinski definition) is 0. The van der Waals surface area contributed by atoms with Crippen LogP contribution in [-0.4, -0.2) is 5.16 Å². The molecule has 0 spiro atoms.